The molecular weight excluding hydrogens is 208 g/mol. The molecule has 3 N–H and O–H groups in total. The Morgan fingerprint density at radius 3 is 3.00 bits per heavy atom. The summed E-state index contributed by atoms with van der Waals surface area (Å²) in [6.07, 6.45) is 4.45. The molecule has 0 fully saturated rings. The summed E-state index contributed by atoms with van der Waals surface area (Å²) < 4.78 is 0. The highest BCUT2D eigenvalue weighted by Crippen LogP contribution is 1.92. The molecule has 0 atom stereocenters. The number of aromatic amines is 2. The third-order valence-corrected chi connectivity index (χ3v) is 2.07. The first-order valence-corrected chi connectivity index (χ1v) is 4.71. The number of hydrogen-bond donors (Lipinski definition) is 3. The maximum absolute atomic E-state index is 11.6. The predicted molar refractivity (Wildman–Crippen MR) is 56.8 cm³/mol. The first kappa shape index (κ1) is 10.2. The van der Waals surface area contributed by atoms with Gasteiger partial charge in [-0.2, -0.15) is 5.10 Å². The van der Waals surface area contributed by atoms with E-state index in [9.17, 15) is 9.59 Å². The number of aromatic nitrogens is 3. The van der Waals surface area contributed by atoms with Crippen LogP contribution >= 0.6 is 0 Å². The summed E-state index contributed by atoms with van der Waals surface area (Å²) in [5.41, 5.74) is 0.573. The molecule has 2 aromatic heterocycles. The second kappa shape index (κ2) is 4.43. The van der Waals surface area contributed by atoms with Crippen LogP contribution in [0.25, 0.3) is 0 Å². The summed E-state index contributed by atoms with van der Waals surface area (Å²) in [5.74, 6) is -0.406. The highest BCUT2D eigenvalue weighted by Gasteiger charge is 2.08. The lowest BCUT2D eigenvalue weighted by Crippen LogP contribution is -2.28. The molecule has 0 bridgehead atoms. The maximum atomic E-state index is 11.6. The number of rotatable bonds is 3. The average molecular weight is 218 g/mol. The average Bonchev–Trinajstić information content (AvgIpc) is 2.79. The Bertz CT molecular complexity index is 530. The Labute approximate surface area is 90.7 Å². The largest absolute Gasteiger partial charge is 0.367 e. The number of hydrogen-bond acceptors (Lipinski definition) is 3. The van der Waals surface area contributed by atoms with Crippen molar-refractivity contribution in [1.29, 1.82) is 0 Å². The minimum absolute atomic E-state index is 0.0991. The monoisotopic (exact) mass is 218 g/mol. The number of nitrogens with zero attached hydrogens (tertiary/aromatic N) is 1. The van der Waals surface area contributed by atoms with E-state index in [0.717, 1.165) is 5.69 Å². The van der Waals surface area contributed by atoms with Crippen molar-refractivity contribution >= 4 is 5.91 Å². The zero-order chi connectivity index (χ0) is 11.4. The number of carbonyl (C=O) groups excluding carboxylic acids is 1. The van der Waals surface area contributed by atoms with Crippen molar-refractivity contribution in [2.24, 2.45) is 0 Å². The van der Waals surface area contributed by atoms with E-state index in [1.165, 1.54) is 18.5 Å². The number of carbonyl (C=O) groups is 1. The maximum Gasteiger partial charge on any atom is 0.257 e. The van der Waals surface area contributed by atoms with E-state index in [4.69, 9.17) is 0 Å². The van der Waals surface area contributed by atoms with Gasteiger partial charge in [-0.1, -0.05) is 0 Å². The Kier molecular flexibility index (Phi) is 2.81. The Balaban J connectivity index is 2.04. The standard InChI is InChI=1S/C10H10N4O2/c15-9-2-3-11-6-8(9)10(16)12-5-7-1-4-13-14-7/h1-4,6H,5H2,(H,11,15)(H,12,16)(H,13,14). The lowest BCUT2D eigenvalue weighted by Gasteiger charge is -2.02. The molecule has 2 rings (SSSR count). The minimum atomic E-state index is -0.406. The summed E-state index contributed by atoms with van der Waals surface area (Å²) >= 11 is 0. The van der Waals surface area contributed by atoms with Crippen LogP contribution in [0, 0.1) is 0 Å². The number of amides is 1. The normalized spacial score (nSPS) is 10.0. The lowest BCUT2D eigenvalue weighted by molar-refractivity contribution is 0.0949. The highest BCUT2D eigenvalue weighted by molar-refractivity contribution is 5.93. The van der Waals surface area contributed by atoms with Gasteiger partial charge in [0.05, 0.1) is 12.2 Å². The lowest BCUT2D eigenvalue weighted by atomic mass is 10.2. The zero-order valence-corrected chi connectivity index (χ0v) is 8.36. The summed E-state index contributed by atoms with van der Waals surface area (Å²) in [7, 11) is 0. The molecule has 0 aliphatic heterocycles. The van der Waals surface area contributed by atoms with Gasteiger partial charge >= 0.3 is 0 Å². The van der Waals surface area contributed by atoms with Crippen molar-refractivity contribution in [1.82, 2.24) is 20.5 Å². The van der Waals surface area contributed by atoms with Crippen LogP contribution in [-0.2, 0) is 6.54 Å². The molecule has 1 amide bonds. The van der Waals surface area contributed by atoms with Crippen molar-refractivity contribution in [2.75, 3.05) is 0 Å². The zero-order valence-electron chi connectivity index (χ0n) is 8.36. The Morgan fingerprint density at radius 1 is 1.44 bits per heavy atom. The minimum Gasteiger partial charge on any atom is -0.367 e. The highest BCUT2D eigenvalue weighted by atomic mass is 16.2. The molecule has 0 saturated heterocycles. The molecular formula is C10H10N4O2. The van der Waals surface area contributed by atoms with E-state index in [1.54, 1.807) is 12.3 Å². The van der Waals surface area contributed by atoms with Gasteiger partial charge in [0, 0.05) is 24.7 Å². The quantitative estimate of drug-likeness (QED) is 0.678. The van der Waals surface area contributed by atoms with Crippen LogP contribution in [0.5, 0.6) is 0 Å². The first-order chi connectivity index (χ1) is 7.77. The topological polar surface area (TPSA) is 90.6 Å². The van der Waals surface area contributed by atoms with Gasteiger partial charge in [-0.15, -0.1) is 0 Å². The summed E-state index contributed by atoms with van der Waals surface area (Å²) in [6, 6.07) is 3.06. The second-order valence-electron chi connectivity index (χ2n) is 3.19. The van der Waals surface area contributed by atoms with Crippen LogP contribution in [0.3, 0.4) is 0 Å². The number of H-pyrrole nitrogens is 2. The molecule has 0 unspecified atom stereocenters. The Morgan fingerprint density at radius 2 is 2.31 bits per heavy atom. The van der Waals surface area contributed by atoms with Crippen molar-refractivity contribution < 1.29 is 4.79 Å². The molecule has 6 nitrogen and oxygen atoms in total. The third-order valence-electron chi connectivity index (χ3n) is 2.07. The van der Waals surface area contributed by atoms with E-state index in [-0.39, 0.29) is 11.0 Å². The van der Waals surface area contributed by atoms with Gasteiger partial charge in [0.15, 0.2) is 5.43 Å². The van der Waals surface area contributed by atoms with Gasteiger partial charge < -0.3 is 10.3 Å². The number of nitrogens with one attached hydrogen (secondary N) is 3. The van der Waals surface area contributed by atoms with Crippen LogP contribution in [0.4, 0.5) is 0 Å². The van der Waals surface area contributed by atoms with Gasteiger partial charge in [-0.25, -0.2) is 0 Å². The van der Waals surface area contributed by atoms with E-state index in [1.807, 2.05) is 0 Å². The SMILES string of the molecule is O=C(NCc1ccn[nH]1)c1c[nH]ccc1=O. The summed E-state index contributed by atoms with van der Waals surface area (Å²) in [5, 5.41) is 9.07. The van der Waals surface area contributed by atoms with Crippen molar-refractivity contribution in [2.45, 2.75) is 6.54 Å². The smallest absolute Gasteiger partial charge is 0.257 e. The Hall–Kier alpha value is -2.37. The van der Waals surface area contributed by atoms with Gasteiger partial charge in [0.2, 0.25) is 0 Å². The number of pyridine rings is 1. The summed E-state index contributed by atoms with van der Waals surface area (Å²) in [6.45, 7) is 0.313. The van der Waals surface area contributed by atoms with Gasteiger partial charge in [-0.05, 0) is 6.07 Å². The second-order valence-corrected chi connectivity index (χ2v) is 3.19. The molecule has 2 heterocycles. The van der Waals surface area contributed by atoms with Crippen LogP contribution in [0.15, 0.2) is 35.5 Å². The summed E-state index contributed by atoms with van der Waals surface area (Å²) in [4.78, 5) is 25.6. The molecule has 82 valence electrons. The third kappa shape index (κ3) is 2.17. The molecule has 6 heteroatoms. The fraction of sp³-hybridized carbons (Fsp3) is 0.100. The molecule has 0 aliphatic rings. The predicted octanol–water partition coefficient (Wildman–Crippen LogP) is 0.0280. The van der Waals surface area contributed by atoms with Crippen LogP contribution in [0.1, 0.15) is 16.1 Å². The van der Waals surface area contributed by atoms with Gasteiger partial charge in [0.1, 0.15) is 5.56 Å². The molecule has 0 radical (unpaired) electrons. The first-order valence-electron chi connectivity index (χ1n) is 4.71. The van der Waals surface area contributed by atoms with E-state index in [0.29, 0.717) is 6.54 Å². The fourth-order valence-electron chi connectivity index (χ4n) is 1.25. The van der Waals surface area contributed by atoms with Crippen molar-refractivity contribution in [3.63, 3.8) is 0 Å². The van der Waals surface area contributed by atoms with Crippen LogP contribution in [-0.4, -0.2) is 21.1 Å². The van der Waals surface area contributed by atoms with E-state index < -0.39 is 5.91 Å². The van der Waals surface area contributed by atoms with Gasteiger partial charge in [-0.3, -0.25) is 14.7 Å². The molecule has 0 aliphatic carbocycles. The molecule has 16 heavy (non-hydrogen) atoms. The van der Waals surface area contributed by atoms with Crippen LogP contribution < -0.4 is 10.7 Å². The molecule has 2 aromatic rings. The fourth-order valence-corrected chi connectivity index (χ4v) is 1.25. The molecule has 0 saturated carbocycles. The van der Waals surface area contributed by atoms with E-state index in [2.05, 4.69) is 20.5 Å². The van der Waals surface area contributed by atoms with Crippen LogP contribution in [0.2, 0.25) is 0 Å². The van der Waals surface area contributed by atoms with Crippen molar-refractivity contribution in [3.8, 4) is 0 Å². The molecule has 0 aromatic carbocycles. The van der Waals surface area contributed by atoms with E-state index >= 15 is 0 Å². The van der Waals surface area contributed by atoms with Gasteiger partial charge in [0.25, 0.3) is 5.91 Å². The van der Waals surface area contributed by atoms with Crippen molar-refractivity contribution in [3.05, 3.63) is 52.2 Å². The molecule has 0 spiro atoms.